The Hall–Kier alpha value is -2.66. The van der Waals surface area contributed by atoms with Crippen LogP contribution in [0.1, 0.15) is 49.2 Å². The van der Waals surface area contributed by atoms with E-state index in [9.17, 15) is 9.59 Å². The quantitative estimate of drug-likeness (QED) is 0.679. The molecule has 0 spiro atoms. The number of anilines is 1. The Balaban J connectivity index is 2.02. The van der Waals surface area contributed by atoms with E-state index in [0.29, 0.717) is 17.2 Å². The first-order valence-electron chi connectivity index (χ1n) is 8.88. The second-order valence-corrected chi connectivity index (χ2v) is 6.91. The van der Waals surface area contributed by atoms with Crippen molar-refractivity contribution in [1.29, 1.82) is 0 Å². The van der Waals surface area contributed by atoms with Crippen LogP contribution < -0.4 is 16.4 Å². The lowest BCUT2D eigenvalue weighted by Crippen LogP contribution is -2.40. The van der Waals surface area contributed by atoms with E-state index in [1.165, 1.54) is 5.56 Å². The first kappa shape index (κ1) is 19.7. The van der Waals surface area contributed by atoms with Gasteiger partial charge in [0.1, 0.15) is 0 Å². The molecule has 0 aliphatic carbocycles. The summed E-state index contributed by atoms with van der Waals surface area (Å²) in [4.78, 5) is 23.6. The van der Waals surface area contributed by atoms with E-state index in [4.69, 9.17) is 5.73 Å². The largest absolute Gasteiger partial charge is 0.366 e. The number of nitrogens with one attached hydrogen (secondary N) is 2. The number of carbonyl (C=O) groups is 2. The average molecular weight is 353 g/mol. The molecule has 5 heteroatoms. The molecule has 0 bridgehead atoms. The third kappa shape index (κ3) is 5.70. The van der Waals surface area contributed by atoms with Crippen LogP contribution >= 0.6 is 0 Å². The minimum Gasteiger partial charge on any atom is -0.366 e. The Kier molecular flexibility index (Phi) is 6.92. The number of hydrogen-bond donors (Lipinski definition) is 3. The number of amides is 2. The Bertz CT molecular complexity index is 727. The first-order chi connectivity index (χ1) is 12.4. The van der Waals surface area contributed by atoms with Crippen molar-refractivity contribution in [2.24, 2.45) is 11.7 Å². The van der Waals surface area contributed by atoms with Gasteiger partial charge in [0.05, 0.1) is 6.04 Å². The third-order valence-electron chi connectivity index (χ3n) is 4.19. The molecule has 4 N–H and O–H groups in total. The molecule has 2 atom stereocenters. The van der Waals surface area contributed by atoms with E-state index in [2.05, 4.69) is 36.6 Å². The number of nitrogens with two attached hydrogens (primary N) is 1. The van der Waals surface area contributed by atoms with Gasteiger partial charge < -0.3 is 11.1 Å². The fourth-order valence-corrected chi connectivity index (χ4v) is 2.80. The third-order valence-corrected chi connectivity index (χ3v) is 4.19. The molecule has 0 aliphatic heterocycles. The molecule has 0 unspecified atom stereocenters. The number of hydrogen-bond acceptors (Lipinski definition) is 3. The zero-order valence-electron chi connectivity index (χ0n) is 15.5. The van der Waals surface area contributed by atoms with Crippen LogP contribution in [0.15, 0.2) is 54.6 Å². The van der Waals surface area contributed by atoms with Gasteiger partial charge in [-0.15, -0.1) is 0 Å². The van der Waals surface area contributed by atoms with Gasteiger partial charge in [0.25, 0.3) is 0 Å². The summed E-state index contributed by atoms with van der Waals surface area (Å²) >= 11 is 0. The van der Waals surface area contributed by atoms with Crippen molar-refractivity contribution in [1.82, 2.24) is 5.32 Å². The van der Waals surface area contributed by atoms with Gasteiger partial charge in [-0.2, -0.15) is 0 Å². The SMILES string of the molecule is CC(C)C[C@@H](N[C@H](C)C(=O)Nc1ccc(C(N)=O)cc1)c1ccccc1. The van der Waals surface area contributed by atoms with E-state index in [-0.39, 0.29) is 18.0 Å². The predicted octanol–water partition coefficient (Wildman–Crippen LogP) is 3.49. The van der Waals surface area contributed by atoms with Crippen LogP contribution in [0.25, 0.3) is 0 Å². The van der Waals surface area contributed by atoms with Crippen molar-refractivity contribution in [2.75, 3.05) is 5.32 Å². The van der Waals surface area contributed by atoms with Crippen LogP contribution in [0.2, 0.25) is 0 Å². The molecule has 2 rings (SSSR count). The summed E-state index contributed by atoms with van der Waals surface area (Å²) in [5.41, 5.74) is 7.45. The molecule has 5 nitrogen and oxygen atoms in total. The smallest absolute Gasteiger partial charge is 0.248 e. The maximum absolute atomic E-state index is 12.5. The first-order valence-corrected chi connectivity index (χ1v) is 8.88. The molecule has 138 valence electrons. The number of benzene rings is 2. The standard InChI is InChI=1S/C21H27N3O2/c1-14(2)13-19(16-7-5-4-6-8-16)23-15(3)21(26)24-18-11-9-17(10-12-18)20(22)25/h4-12,14-15,19,23H,13H2,1-3H3,(H2,22,25)(H,24,26)/t15-,19-/m1/s1. The normalized spacial score (nSPS) is 13.2. The predicted molar refractivity (Wildman–Crippen MR) is 105 cm³/mol. The van der Waals surface area contributed by atoms with Crippen LogP contribution in [0.5, 0.6) is 0 Å². The lowest BCUT2D eigenvalue weighted by atomic mass is 9.96. The summed E-state index contributed by atoms with van der Waals surface area (Å²) in [6, 6.07) is 16.4. The molecule has 26 heavy (non-hydrogen) atoms. The second kappa shape index (κ2) is 9.15. The van der Waals surface area contributed by atoms with E-state index in [1.807, 2.05) is 25.1 Å². The molecule has 2 aromatic rings. The molecule has 0 aliphatic rings. The average Bonchev–Trinajstić information content (AvgIpc) is 2.62. The molecule has 0 aromatic heterocycles. The Morgan fingerprint density at radius 3 is 2.12 bits per heavy atom. The highest BCUT2D eigenvalue weighted by molar-refractivity contribution is 5.96. The van der Waals surface area contributed by atoms with Crippen molar-refractivity contribution < 1.29 is 9.59 Å². The molecular formula is C21H27N3O2. The maximum Gasteiger partial charge on any atom is 0.248 e. The van der Waals surface area contributed by atoms with E-state index >= 15 is 0 Å². The van der Waals surface area contributed by atoms with Crippen molar-refractivity contribution >= 4 is 17.5 Å². The number of carbonyl (C=O) groups excluding carboxylic acids is 2. The van der Waals surface area contributed by atoms with Crippen molar-refractivity contribution in [2.45, 2.75) is 39.3 Å². The van der Waals surface area contributed by atoms with Gasteiger partial charge >= 0.3 is 0 Å². The highest BCUT2D eigenvalue weighted by Gasteiger charge is 2.20. The van der Waals surface area contributed by atoms with Gasteiger partial charge in [0.15, 0.2) is 0 Å². The summed E-state index contributed by atoms with van der Waals surface area (Å²) in [6.45, 7) is 6.19. The second-order valence-electron chi connectivity index (χ2n) is 6.91. The number of rotatable bonds is 8. The lowest BCUT2D eigenvalue weighted by molar-refractivity contribution is -0.118. The monoisotopic (exact) mass is 353 g/mol. The summed E-state index contributed by atoms with van der Waals surface area (Å²) in [6.07, 6.45) is 0.939. The Morgan fingerprint density at radius 1 is 0.962 bits per heavy atom. The van der Waals surface area contributed by atoms with Gasteiger partial charge in [-0.25, -0.2) is 0 Å². The van der Waals surface area contributed by atoms with Crippen LogP contribution in [0, 0.1) is 5.92 Å². The van der Waals surface area contributed by atoms with E-state index in [1.54, 1.807) is 24.3 Å². The van der Waals surface area contributed by atoms with Crippen LogP contribution in [-0.2, 0) is 4.79 Å². The van der Waals surface area contributed by atoms with E-state index in [0.717, 1.165) is 6.42 Å². The topological polar surface area (TPSA) is 84.2 Å². The van der Waals surface area contributed by atoms with Crippen molar-refractivity contribution in [3.63, 3.8) is 0 Å². The summed E-state index contributed by atoms with van der Waals surface area (Å²) in [7, 11) is 0. The van der Waals surface area contributed by atoms with Crippen LogP contribution in [0.3, 0.4) is 0 Å². The fourth-order valence-electron chi connectivity index (χ4n) is 2.80. The molecule has 0 fully saturated rings. The van der Waals surface area contributed by atoms with Gasteiger partial charge in [0, 0.05) is 17.3 Å². The van der Waals surface area contributed by atoms with Gasteiger partial charge in [-0.3, -0.25) is 14.9 Å². The zero-order chi connectivity index (χ0) is 19.1. The minimum absolute atomic E-state index is 0.106. The van der Waals surface area contributed by atoms with Crippen LogP contribution in [-0.4, -0.2) is 17.9 Å². The number of primary amides is 1. The minimum atomic E-state index is -0.489. The molecule has 0 heterocycles. The lowest BCUT2D eigenvalue weighted by Gasteiger charge is -2.25. The highest BCUT2D eigenvalue weighted by atomic mass is 16.2. The van der Waals surface area contributed by atoms with Crippen molar-refractivity contribution in [3.8, 4) is 0 Å². The highest BCUT2D eigenvalue weighted by Crippen LogP contribution is 2.22. The molecule has 0 radical (unpaired) electrons. The molecule has 0 saturated carbocycles. The molecule has 0 saturated heterocycles. The molecule has 2 aromatic carbocycles. The fraction of sp³-hybridized carbons (Fsp3) is 0.333. The Labute approximate surface area is 155 Å². The van der Waals surface area contributed by atoms with Crippen LogP contribution in [0.4, 0.5) is 5.69 Å². The van der Waals surface area contributed by atoms with Gasteiger partial charge in [-0.05, 0) is 49.1 Å². The van der Waals surface area contributed by atoms with Gasteiger partial charge in [-0.1, -0.05) is 44.2 Å². The van der Waals surface area contributed by atoms with E-state index < -0.39 is 5.91 Å². The molecular weight excluding hydrogens is 326 g/mol. The van der Waals surface area contributed by atoms with Crippen molar-refractivity contribution in [3.05, 3.63) is 65.7 Å². The molecule has 2 amide bonds. The Morgan fingerprint density at radius 2 is 1.58 bits per heavy atom. The summed E-state index contributed by atoms with van der Waals surface area (Å²) in [5.74, 6) is -0.108. The summed E-state index contributed by atoms with van der Waals surface area (Å²) in [5, 5.41) is 6.29. The summed E-state index contributed by atoms with van der Waals surface area (Å²) < 4.78 is 0. The van der Waals surface area contributed by atoms with Gasteiger partial charge in [0.2, 0.25) is 11.8 Å². The zero-order valence-corrected chi connectivity index (χ0v) is 15.5. The maximum atomic E-state index is 12.5.